The standard InChI is InChI=1S/C72H50N2O2/c1-45-51-41-39-49(73(48-25-11-6-12-26-48)64-36-20-33-58-57-31-17-29-53(69(57)76-71(58)64)47-23-9-5-10-24-47)43-60(51)55-30-18-34-61-68(55)67(45)59-42-40-50(44-62(59)72(61,2)3)74(63-35-15-13-27-52(63)46-21-7-4-8-22-46)65-37-19-32-56-54-28-14-16-38-66(54)75-70(56)65/h4-44H,1-3H3. The molecule has 0 fully saturated rings. The van der Waals surface area contributed by atoms with Gasteiger partial charge in [-0.3, -0.25) is 0 Å². The summed E-state index contributed by atoms with van der Waals surface area (Å²) in [7, 11) is 0. The Morgan fingerprint density at radius 2 is 0.868 bits per heavy atom. The third-order valence-corrected chi connectivity index (χ3v) is 16.2. The van der Waals surface area contributed by atoms with Gasteiger partial charge in [0.2, 0.25) is 0 Å². The molecule has 0 saturated carbocycles. The van der Waals surface area contributed by atoms with Crippen LogP contribution in [0.2, 0.25) is 0 Å². The largest absolute Gasteiger partial charge is 0.454 e. The molecule has 0 radical (unpaired) electrons. The van der Waals surface area contributed by atoms with Crippen LogP contribution in [0.4, 0.5) is 34.1 Å². The zero-order valence-electron chi connectivity index (χ0n) is 42.4. The van der Waals surface area contributed by atoms with Gasteiger partial charge in [0, 0.05) is 55.1 Å². The number of benzene rings is 12. The van der Waals surface area contributed by atoms with Crippen LogP contribution in [0.3, 0.4) is 0 Å². The van der Waals surface area contributed by atoms with Crippen molar-refractivity contribution in [2.75, 3.05) is 9.80 Å². The lowest BCUT2D eigenvalue weighted by Crippen LogP contribution is -2.25. The Morgan fingerprint density at radius 3 is 1.64 bits per heavy atom. The van der Waals surface area contributed by atoms with Crippen molar-refractivity contribution >= 4 is 99.5 Å². The summed E-state index contributed by atoms with van der Waals surface area (Å²) in [5.74, 6) is 0. The first-order chi connectivity index (χ1) is 37.4. The minimum atomic E-state index is -0.364. The SMILES string of the molecule is Cc1c2c3c(cccc3c3cc(N(c4ccccc4)c4cccc5c4oc4c(-c6ccccc6)cccc45)ccc13)C(C)(C)c1cc(N(c3ccccc3-c3ccccc3)c3cccc4c3oc3ccccc34)ccc1-2. The molecule has 2 heterocycles. The van der Waals surface area contributed by atoms with Crippen molar-refractivity contribution < 1.29 is 8.83 Å². The summed E-state index contributed by atoms with van der Waals surface area (Å²) in [6.07, 6.45) is 0. The molecule has 14 aromatic rings. The van der Waals surface area contributed by atoms with E-state index in [4.69, 9.17) is 8.83 Å². The van der Waals surface area contributed by atoms with Crippen molar-refractivity contribution in [3.63, 3.8) is 0 Å². The summed E-state index contributed by atoms with van der Waals surface area (Å²) in [5.41, 5.74) is 20.3. The number of aryl methyl sites for hydroxylation is 1. The second-order valence-corrected chi connectivity index (χ2v) is 20.8. The van der Waals surface area contributed by atoms with Crippen molar-refractivity contribution in [2.24, 2.45) is 0 Å². The Hall–Kier alpha value is -9.64. The zero-order valence-corrected chi connectivity index (χ0v) is 42.4. The molecule has 0 spiro atoms. The van der Waals surface area contributed by atoms with Gasteiger partial charge in [0.05, 0.1) is 17.1 Å². The van der Waals surface area contributed by atoms with Crippen molar-refractivity contribution in [3.05, 3.63) is 265 Å². The topological polar surface area (TPSA) is 32.8 Å². The van der Waals surface area contributed by atoms with Crippen molar-refractivity contribution in [3.8, 4) is 33.4 Å². The average Bonchev–Trinajstić information content (AvgIpc) is 4.09. The molecule has 76 heavy (non-hydrogen) atoms. The molecule has 360 valence electrons. The summed E-state index contributed by atoms with van der Waals surface area (Å²) in [6.45, 7) is 7.13. The molecule has 15 rings (SSSR count). The van der Waals surface area contributed by atoms with Crippen LogP contribution in [0.1, 0.15) is 30.5 Å². The van der Waals surface area contributed by atoms with Crippen LogP contribution in [0.5, 0.6) is 0 Å². The Labute approximate surface area is 440 Å². The number of furan rings is 2. The second-order valence-electron chi connectivity index (χ2n) is 20.8. The number of hydrogen-bond acceptors (Lipinski definition) is 4. The van der Waals surface area contributed by atoms with Gasteiger partial charge in [0.15, 0.2) is 11.2 Å². The van der Waals surface area contributed by atoms with E-state index in [2.05, 4.69) is 273 Å². The number of rotatable bonds is 8. The molecule has 0 amide bonds. The summed E-state index contributed by atoms with van der Waals surface area (Å²) in [4.78, 5) is 4.78. The molecule has 0 unspecified atom stereocenters. The minimum absolute atomic E-state index is 0.364. The molecule has 1 aliphatic rings. The van der Waals surface area contributed by atoms with E-state index >= 15 is 0 Å². The molecule has 4 heteroatoms. The van der Waals surface area contributed by atoms with Gasteiger partial charge in [0.25, 0.3) is 0 Å². The van der Waals surface area contributed by atoms with Crippen LogP contribution in [0.25, 0.3) is 98.8 Å². The molecule has 12 aromatic carbocycles. The lowest BCUT2D eigenvalue weighted by atomic mass is 9.67. The lowest BCUT2D eigenvalue weighted by Gasteiger charge is -2.38. The predicted molar refractivity (Wildman–Crippen MR) is 319 cm³/mol. The Kier molecular flexibility index (Phi) is 9.79. The molecule has 0 aliphatic heterocycles. The number of nitrogens with zero attached hydrogens (tertiary/aromatic N) is 2. The lowest BCUT2D eigenvalue weighted by molar-refractivity contribution is 0.645. The van der Waals surface area contributed by atoms with Crippen LogP contribution < -0.4 is 9.80 Å². The van der Waals surface area contributed by atoms with Gasteiger partial charge >= 0.3 is 0 Å². The molecule has 0 bridgehead atoms. The maximum absolute atomic E-state index is 7.06. The van der Waals surface area contributed by atoms with Crippen LogP contribution in [0, 0.1) is 6.92 Å². The smallest absolute Gasteiger partial charge is 0.159 e. The summed E-state index contributed by atoms with van der Waals surface area (Å²) < 4.78 is 13.9. The van der Waals surface area contributed by atoms with Crippen LogP contribution in [-0.2, 0) is 5.41 Å². The van der Waals surface area contributed by atoms with Gasteiger partial charge in [-0.15, -0.1) is 0 Å². The van der Waals surface area contributed by atoms with Gasteiger partial charge < -0.3 is 18.6 Å². The highest BCUT2D eigenvalue weighted by Gasteiger charge is 2.36. The summed E-state index contributed by atoms with van der Waals surface area (Å²) in [6, 6.07) is 89.8. The van der Waals surface area contributed by atoms with Crippen molar-refractivity contribution in [2.45, 2.75) is 26.2 Å². The minimum Gasteiger partial charge on any atom is -0.454 e. The molecule has 2 aromatic heterocycles. The second kappa shape index (κ2) is 17.0. The Balaban J connectivity index is 0.924. The first-order valence-corrected chi connectivity index (χ1v) is 26.2. The van der Waals surface area contributed by atoms with Crippen molar-refractivity contribution in [1.29, 1.82) is 0 Å². The number of hydrogen-bond donors (Lipinski definition) is 0. The Morgan fingerprint density at radius 1 is 0.329 bits per heavy atom. The molecular formula is C72H50N2O2. The van der Waals surface area contributed by atoms with E-state index in [1.54, 1.807) is 0 Å². The van der Waals surface area contributed by atoms with Crippen LogP contribution >= 0.6 is 0 Å². The first-order valence-electron chi connectivity index (χ1n) is 26.2. The number of anilines is 6. The van der Waals surface area contributed by atoms with Gasteiger partial charge in [-0.05, 0) is 128 Å². The van der Waals surface area contributed by atoms with Gasteiger partial charge in [0.1, 0.15) is 11.2 Å². The quantitative estimate of drug-likeness (QED) is 0.142. The fraction of sp³-hybridized carbons (Fsp3) is 0.0556. The third-order valence-electron chi connectivity index (χ3n) is 16.2. The molecule has 0 saturated heterocycles. The fourth-order valence-corrected chi connectivity index (χ4v) is 12.7. The molecule has 1 aliphatic carbocycles. The zero-order chi connectivity index (χ0) is 50.6. The number of para-hydroxylation sites is 6. The van der Waals surface area contributed by atoms with Crippen LogP contribution in [0.15, 0.2) is 258 Å². The van der Waals surface area contributed by atoms with Crippen LogP contribution in [-0.4, -0.2) is 0 Å². The molecule has 4 nitrogen and oxygen atoms in total. The molecular weight excluding hydrogens is 925 g/mol. The summed E-state index contributed by atoms with van der Waals surface area (Å²) in [5, 5.41) is 9.40. The maximum atomic E-state index is 7.06. The van der Waals surface area contributed by atoms with E-state index < -0.39 is 0 Å². The normalized spacial score (nSPS) is 12.8. The first kappa shape index (κ1) is 43.9. The van der Waals surface area contributed by atoms with Gasteiger partial charge in [-0.25, -0.2) is 0 Å². The highest BCUT2D eigenvalue weighted by Crippen LogP contribution is 2.55. The molecule has 0 atom stereocenters. The van der Waals surface area contributed by atoms with Gasteiger partial charge in [-0.2, -0.15) is 0 Å². The third kappa shape index (κ3) is 6.57. The van der Waals surface area contributed by atoms with Crippen molar-refractivity contribution in [1.82, 2.24) is 0 Å². The van der Waals surface area contributed by atoms with E-state index in [-0.39, 0.29) is 5.41 Å². The van der Waals surface area contributed by atoms with Gasteiger partial charge in [-0.1, -0.05) is 202 Å². The van der Waals surface area contributed by atoms with E-state index in [1.165, 1.54) is 49.4 Å². The summed E-state index contributed by atoms with van der Waals surface area (Å²) >= 11 is 0. The number of fused-ring (bicyclic) bond motifs is 10. The van der Waals surface area contributed by atoms with E-state index in [9.17, 15) is 0 Å². The fourth-order valence-electron chi connectivity index (χ4n) is 12.7. The van der Waals surface area contributed by atoms with E-state index in [0.717, 1.165) is 100 Å². The highest BCUT2D eigenvalue weighted by atomic mass is 16.3. The maximum Gasteiger partial charge on any atom is 0.159 e. The highest BCUT2D eigenvalue weighted by molar-refractivity contribution is 6.20. The van der Waals surface area contributed by atoms with E-state index in [0.29, 0.717) is 0 Å². The predicted octanol–water partition coefficient (Wildman–Crippen LogP) is 20.7. The van der Waals surface area contributed by atoms with E-state index in [1.807, 2.05) is 6.07 Å². The monoisotopic (exact) mass is 974 g/mol. The molecule has 0 N–H and O–H groups in total. The average molecular weight is 975 g/mol. The Bertz CT molecular complexity index is 4630.